The molecule has 0 saturated heterocycles. The molecule has 0 aliphatic carbocycles. The van der Waals surface area contributed by atoms with Gasteiger partial charge in [-0.15, -0.1) is 0 Å². The maximum absolute atomic E-state index is 11.1. The maximum atomic E-state index is 11.1. The lowest BCUT2D eigenvalue weighted by Gasteiger charge is -2.34. The van der Waals surface area contributed by atoms with Gasteiger partial charge in [0.2, 0.25) is 0 Å². The van der Waals surface area contributed by atoms with Gasteiger partial charge in [-0.1, -0.05) is 0 Å². The van der Waals surface area contributed by atoms with E-state index in [4.69, 9.17) is 0 Å². The summed E-state index contributed by atoms with van der Waals surface area (Å²) in [6.07, 6.45) is -0.655. The van der Waals surface area contributed by atoms with Gasteiger partial charge in [0.05, 0.1) is 21.1 Å². The summed E-state index contributed by atoms with van der Waals surface area (Å²) >= 11 is 0. The van der Waals surface area contributed by atoms with E-state index in [0.717, 1.165) is 0 Å². The molecule has 0 unspecified atom stereocenters. The Labute approximate surface area is 83.5 Å². The van der Waals surface area contributed by atoms with Crippen LogP contribution in [0.25, 0.3) is 0 Å². The Hall–Kier alpha value is -0.940. The van der Waals surface area contributed by atoms with Crippen LogP contribution in [0.3, 0.4) is 0 Å². The van der Waals surface area contributed by atoms with E-state index < -0.39 is 23.8 Å². The monoisotopic (exact) mass is 203 g/mol. The number of aliphatic carboxylic acids is 1. The first kappa shape index (κ1) is 13.1. The molecular weight excluding hydrogens is 186 g/mol. The first-order valence-corrected chi connectivity index (χ1v) is 4.30. The lowest BCUT2D eigenvalue weighted by atomic mass is 9.94. The smallest absolute Gasteiger partial charge is 0.176 e. The second-order valence-electron chi connectivity index (χ2n) is 4.58. The molecule has 5 nitrogen and oxygen atoms in total. The number of carboxylic acid groups (broad SMARTS) is 1. The third-order valence-corrected chi connectivity index (χ3v) is 1.83. The third kappa shape index (κ3) is 4.34. The number of hydrogen-bond acceptors (Lipinski definition) is 4. The van der Waals surface area contributed by atoms with Crippen molar-refractivity contribution in [3.63, 3.8) is 0 Å². The number of carbonyl (C=O) groups is 2. The Balaban J connectivity index is 4.73. The highest BCUT2D eigenvalue weighted by molar-refractivity contribution is 5.88. The van der Waals surface area contributed by atoms with Gasteiger partial charge >= 0.3 is 0 Å². The molecule has 0 amide bonds. The second-order valence-corrected chi connectivity index (χ2v) is 4.58. The second kappa shape index (κ2) is 4.06. The van der Waals surface area contributed by atoms with Gasteiger partial charge in [0.25, 0.3) is 0 Å². The highest BCUT2D eigenvalue weighted by atomic mass is 16.4. The SMILES string of the molecule is CC(=O)[C@](O)(CC(=O)[O-])C[N+](C)(C)C. The van der Waals surface area contributed by atoms with Gasteiger partial charge in [-0.3, -0.25) is 4.79 Å². The van der Waals surface area contributed by atoms with Crippen LogP contribution in [0, 0.1) is 0 Å². The number of carboxylic acids is 1. The summed E-state index contributed by atoms with van der Waals surface area (Å²) < 4.78 is 0.309. The van der Waals surface area contributed by atoms with Crippen LogP contribution in [0.1, 0.15) is 13.3 Å². The predicted octanol–water partition coefficient (Wildman–Crippen LogP) is -1.85. The van der Waals surface area contributed by atoms with Gasteiger partial charge in [-0.25, -0.2) is 0 Å². The Bertz CT molecular complexity index is 244. The van der Waals surface area contributed by atoms with Gasteiger partial charge in [0, 0.05) is 12.4 Å². The quantitative estimate of drug-likeness (QED) is 0.532. The van der Waals surface area contributed by atoms with Gasteiger partial charge in [-0.2, -0.15) is 0 Å². The topological polar surface area (TPSA) is 77.4 Å². The molecule has 82 valence electrons. The molecule has 0 aromatic rings. The van der Waals surface area contributed by atoms with Crippen LogP contribution >= 0.6 is 0 Å². The first-order valence-electron chi connectivity index (χ1n) is 4.30. The molecule has 1 atom stereocenters. The minimum atomic E-state index is -1.82. The number of aliphatic hydroxyl groups is 1. The van der Waals surface area contributed by atoms with E-state index in [-0.39, 0.29) is 6.54 Å². The number of hydrogen-bond donors (Lipinski definition) is 1. The standard InChI is InChI=1S/C9H17NO4/c1-7(11)9(14,5-8(12)13)6-10(2,3)4/h14H,5-6H2,1-4H3/t9-/m0/s1. The number of rotatable bonds is 5. The van der Waals surface area contributed by atoms with Crippen molar-refractivity contribution in [3.8, 4) is 0 Å². The highest BCUT2D eigenvalue weighted by Gasteiger charge is 2.38. The molecule has 0 bridgehead atoms. The van der Waals surface area contributed by atoms with E-state index in [0.29, 0.717) is 4.48 Å². The molecule has 0 aromatic heterocycles. The highest BCUT2D eigenvalue weighted by Crippen LogP contribution is 2.15. The van der Waals surface area contributed by atoms with Crippen molar-refractivity contribution < 1.29 is 24.3 Å². The molecule has 0 heterocycles. The van der Waals surface area contributed by atoms with Gasteiger partial charge in [0.1, 0.15) is 6.54 Å². The van der Waals surface area contributed by atoms with Crippen molar-refractivity contribution in [3.05, 3.63) is 0 Å². The number of likely N-dealkylation sites (N-methyl/N-ethyl adjacent to an activating group) is 1. The summed E-state index contributed by atoms with van der Waals surface area (Å²) in [5.41, 5.74) is -1.82. The number of Topliss-reactive ketones (excluding diaryl/α,β-unsaturated/α-hetero) is 1. The van der Waals surface area contributed by atoms with E-state index in [2.05, 4.69) is 0 Å². The van der Waals surface area contributed by atoms with Crippen molar-refractivity contribution in [1.82, 2.24) is 0 Å². The lowest BCUT2D eigenvalue weighted by Crippen LogP contribution is -2.55. The summed E-state index contributed by atoms with van der Waals surface area (Å²) in [4.78, 5) is 21.5. The van der Waals surface area contributed by atoms with Crippen molar-refractivity contribution in [1.29, 1.82) is 0 Å². The van der Waals surface area contributed by atoms with Crippen LogP contribution in [-0.2, 0) is 9.59 Å². The Morgan fingerprint density at radius 2 is 1.79 bits per heavy atom. The van der Waals surface area contributed by atoms with Crippen LogP contribution in [0.15, 0.2) is 0 Å². The predicted molar refractivity (Wildman–Crippen MR) is 48.2 cm³/mol. The fourth-order valence-corrected chi connectivity index (χ4v) is 1.32. The van der Waals surface area contributed by atoms with Crippen LogP contribution in [0.4, 0.5) is 0 Å². The normalized spacial score (nSPS) is 16.1. The molecule has 0 aliphatic rings. The molecule has 0 aliphatic heterocycles. The molecule has 0 radical (unpaired) electrons. The molecule has 0 spiro atoms. The molecule has 0 saturated carbocycles. The summed E-state index contributed by atoms with van der Waals surface area (Å²) in [6.45, 7) is 1.23. The lowest BCUT2D eigenvalue weighted by molar-refractivity contribution is -0.875. The molecule has 0 rings (SSSR count). The number of nitrogens with zero attached hydrogens (tertiary/aromatic N) is 1. The minimum Gasteiger partial charge on any atom is -0.550 e. The van der Waals surface area contributed by atoms with E-state index in [1.807, 2.05) is 0 Å². The molecular formula is C9H17NO4. The maximum Gasteiger partial charge on any atom is 0.176 e. The average molecular weight is 203 g/mol. The van der Waals surface area contributed by atoms with Crippen LogP contribution < -0.4 is 5.11 Å². The molecule has 1 N–H and O–H groups in total. The summed E-state index contributed by atoms with van der Waals surface area (Å²) in [5, 5.41) is 20.2. The molecule has 0 fully saturated rings. The number of ketones is 1. The molecule has 0 aromatic carbocycles. The average Bonchev–Trinajstić information content (AvgIpc) is 1.79. The van der Waals surface area contributed by atoms with Crippen molar-refractivity contribution in [2.24, 2.45) is 0 Å². The molecule has 14 heavy (non-hydrogen) atoms. The number of quaternary nitrogens is 1. The van der Waals surface area contributed by atoms with E-state index >= 15 is 0 Å². The minimum absolute atomic E-state index is 0.0519. The van der Waals surface area contributed by atoms with E-state index in [1.54, 1.807) is 21.1 Å². The zero-order valence-corrected chi connectivity index (χ0v) is 9.03. The van der Waals surface area contributed by atoms with Crippen LogP contribution in [0.5, 0.6) is 0 Å². The number of carbonyl (C=O) groups excluding carboxylic acids is 2. The summed E-state index contributed by atoms with van der Waals surface area (Å²) in [5.74, 6) is -1.97. The van der Waals surface area contributed by atoms with E-state index in [9.17, 15) is 19.8 Å². The van der Waals surface area contributed by atoms with Crippen molar-refractivity contribution >= 4 is 11.8 Å². The van der Waals surface area contributed by atoms with Crippen molar-refractivity contribution in [2.75, 3.05) is 27.7 Å². The zero-order chi connectivity index (χ0) is 11.6. The summed E-state index contributed by atoms with van der Waals surface area (Å²) in [6, 6.07) is 0. The van der Waals surface area contributed by atoms with Crippen LogP contribution in [-0.4, -0.2) is 54.6 Å². The fourth-order valence-electron chi connectivity index (χ4n) is 1.32. The van der Waals surface area contributed by atoms with Crippen molar-refractivity contribution in [2.45, 2.75) is 18.9 Å². The van der Waals surface area contributed by atoms with Gasteiger partial charge in [-0.05, 0) is 6.92 Å². The Kier molecular flexibility index (Phi) is 3.79. The fraction of sp³-hybridized carbons (Fsp3) is 0.778. The zero-order valence-electron chi connectivity index (χ0n) is 9.03. The Morgan fingerprint density at radius 3 is 2.00 bits per heavy atom. The Morgan fingerprint density at radius 1 is 1.36 bits per heavy atom. The molecule has 5 heteroatoms. The van der Waals surface area contributed by atoms with Crippen LogP contribution in [0.2, 0.25) is 0 Å². The van der Waals surface area contributed by atoms with Gasteiger partial charge in [0.15, 0.2) is 11.4 Å². The van der Waals surface area contributed by atoms with E-state index in [1.165, 1.54) is 6.92 Å². The summed E-state index contributed by atoms with van der Waals surface area (Å²) in [7, 11) is 5.30. The third-order valence-electron chi connectivity index (χ3n) is 1.83. The largest absolute Gasteiger partial charge is 0.550 e. The van der Waals surface area contributed by atoms with Gasteiger partial charge < -0.3 is 19.5 Å². The first-order chi connectivity index (χ1) is 6.07.